The molecule has 584 valence electrons. The summed E-state index contributed by atoms with van der Waals surface area (Å²) < 4.78 is 34.8. The smallest absolute Gasteiger partial charge is 0.462 e. The van der Waals surface area contributed by atoms with E-state index in [0.717, 1.165) is 128 Å². The third-order valence-corrected chi connectivity index (χ3v) is 19.0. The molecule has 0 bridgehead atoms. The summed E-state index contributed by atoms with van der Waals surface area (Å²) in [4.78, 5) is 36.0. The lowest BCUT2D eigenvalue weighted by molar-refractivity contribution is -0.870. The fourth-order valence-corrected chi connectivity index (χ4v) is 12.4. The second-order valence-corrected chi connectivity index (χ2v) is 30.6. The predicted molar refractivity (Wildman–Crippen MR) is 445 cm³/mol. The molecule has 9 nitrogen and oxygen atoms in total. The van der Waals surface area contributed by atoms with Crippen LogP contribution in [0.25, 0.3) is 0 Å². The number of quaternary nitrogens is 1. The van der Waals surface area contributed by atoms with Crippen LogP contribution in [0.1, 0.15) is 361 Å². The molecule has 0 aromatic carbocycles. The van der Waals surface area contributed by atoms with Crippen LogP contribution >= 0.6 is 7.82 Å². The molecule has 0 aliphatic rings. The molecule has 0 aliphatic carbocycles. The molecule has 0 amide bonds. The third kappa shape index (κ3) is 84.6. The number of likely N-dealkylation sites (N-methyl/N-ethyl adjacent to an activating group) is 1. The van der Waals surface area contributed by atoms with E-state index in [1.807, 2.05) is 21.1 Å². The molecule has 10 heteroatoms. The SMILES string of the molecule is CC/C=C\C/C=C\C/C=C\C/C=C\C/C=C\C/C=C\C/C=C\C/C=C\C/C=C\C/C=C\C/C=C\CCCCCCCC(=O)OC(COC(=O)CCCCCCCCCCCCCCCCCCCCCCCCCCCCC/C=C\C/C=C\CCCCCCC)COP(=O)(O)OCC[N+](C)(C)C. The molecule has 0 aromatic heterocycles. The number of hydrogen-bond donors (Lipinski definition) is 1. The summed E-state index contributed by atoms with van der Waals surface area (Å²) in [5.41, 5.74) is 0. The maximum absolute atomic E-state index is 12.9. The third-order valence-electron chi connectivity index (χ3n) is 18.0. The first kappa shape index (κ1) is 97.6. The molecule has 102 heavy (non-hydrogen) atoms. The minimum Gasteiger partial charge on any atom is -0.462 e. The Balaban J connectivity index is 4.02. The van der Waals surface area contributed by atoms with Gasteiger partial charge >= 0.3 is 19.8 Å². The van der Waals surface area contributed by atoms with E-state index < -0.39 is 26.5 Å². The number of hydrogen-bond acceptors (Lipinski definition) is 7. The quantitative estimate of drug-likeness (QED) is 0.0211. The number of rotatable bonds is 77. The zero-order chi connectivity index (χ0) is 74.0. The van der Waals surface area contributed by atoms with E-state index in [-0.39, 0.29) is 32.0 Å². The van der Waals surface area contributed by atoms with Gasteiger partial charge in [-0.15, -0.1) is 0 Å². The number of unbranched alkanes of at least 4 members (excludes halogenated alkanes) is 37. The molecule has 0 spiro atoms. The van der Waals surface area contributed by atoms with Gasteiger partial charge in [-0.3, -0.25) is 18.6 Å². The largest absolute Gasteiger partial charge is 0.472 e. The van der Waals surface area contributed by atoms with Gasteiger partial charge in [0, 0.05) is 12.8 Å². The van der Waals surface area contributed by atoms with Gasteiger partial charge in [0.15, 0.2) is 6.10 Å². The van der Waals surface area contributed by atoms with Crippen LogP contribution in [-0.2, 0) is 32.7 Å². The molecule has 0 heterocycles. The second kappa shape index (κ2) is 80.7. The number of carbonyl (C=O) groups excluding carboxylic acids is 2. The molecule has 0 radical (unpaired) electrons. The lowest BCUT2D eigenvalue weighted by atomic mass is 10.0. The van der Waals surface area contributed by atoms with Crippen molar-refractivity contribution in [2.24, 2.45) is 0 Å². The van der Waals surface area contributed by atoms with Crippen molar-refractivity contribution >= 4 is 19.8 Å². The van der Waals surface area contributed by atoms with Crippen LogP contribution in [0.5, 0.6) is 0 Å². The van der Waals surface area contributed by atoms with Gasteiger partial charge in [0.2, 0.25) is 0 Å². The van der Waals surface area contributed by atoms with E-state index >= 15 is 0 Å². The van der Waals surface area contributed by atoms with Crippen molar-refractivity contribution in [3.63, 3.8) is 0 Å². The Kier molecular flexibility index (Phi) is 77.3. The van der Waals surface area contributed by atoms with E-state index in [0.29, 0.717) is 17.4 Å². The molecule has 2 unspecified atom stereocenters. The zero-order valence-corrected chi connectivity index (χ0v) is 67.7. The van der Waals surface area contributed by atoms with Gasteiger partial charge < -0.3 is 18.9 Å². The molecule has 2 atom stereocenters. The van der Waals surface area contributed by atoms with Crippen molar-refractivity contribution in [3.8, 4) is 0 Å². The van der Waals surface area contributed by atoms with Gasteiger partial charge in [0.1, 0.15) is 19.8 Å². The van der Waals surface area contributed by atoms with Gasteiger partial charge in [-0.2, -0.15) is 0 Å². The highest BCUT2D eigenvalue weighted by atomic mass is 31.2. The Labute approximate surface area is 630 Å². The topological polar surface area (TPSA) is 108 Å². The summed E-state index contributed by atoms with van der Waals surface area (Å²) in [6.45, 7) is 4.31. The molecule has 0 saturated heterocycles. The molecule has 0 fully saturated rings. The Morgan fingerprint density at radius 2 is 0.559 bits per heavy atom. The monoisotopic (exact) mass is 1440 g/mol. The maximum Gasteiger partial charge on any atom is 0.472 e. The maximum atomic E-state index is 12.9. The number of allylic oxidation sites excluding steroid dienone is 26. The molecule has 0 aliphatic heterocycles. The number of phosphoric acid groups is 1. The van der Waals surface area contributed by atoms with E-state index in [1.54, 1.807) is 0 Å². The van der Waals surface area contributed by atoms with Gasteiger partial charge in [0.05, 0.1) is 27.7 Å². The number of nitrogens with zero attached hydrogens (tertiary/aromatic N) is 1. The fourth-order valence-electron chi connectivity index (χ4n) is 11.6. The average Bonchev–Trinajstić information content (AvgIpc) is 0.914. The lowest BCUT2D eigenvalue weighted by Gasteiger charge is -2.24. The standard InChI is InChI=1S/C92H158NO8P/c1-6-8-10-12-14-16-18-20-22-24-26-28-30-32-34-36-38-40-42-44-46-48-50-52-54-56-58-60-62-64-66-68-70-72-74-76-78-80-82-84-91(94)98-88-90(89-100-102(96,97)99-87-86-93(3,4)5)101-92(95)85-83-81-79-77-75-73-71-69-67-65-63-61-59-57-55-53-51-49-47-45-43-41-39-37-35-33-31-29-27-25-23-21-19-17-15-13-11-9-7-2/h9,11,15,17-18,20-21,23-24,26-27,29,33,35,39,41,45,47,51,53,57,59,63,65,69,71,90H,6-8,10,12-14,16,19,22,25,28,30-32,34,36-38,40,42-44,46,48-50,52,54-56,58,60-62,64,66-68,70,72-89H2,1-5H3/p+1/b11-9-,17-15-,20-18-,23-21-,26-24-,29-27-,35-33-,41-39-,47-45-,53-51-,59-57-,65-63-,71-69-. The van der Waals surface area contributed by atoms with Gasteiger partial charge in [-0.05, 0) is 128 Å². The van der Waals surface area contributed by atoms with Crippen molar-refractivity contribution in [3.05, 3.63) is 158 Å². The summed E-state index contributed by atoms with van der Waals surface area (Å²) in [5.74, 6) is -0.816. The Bertz CT molecular complexity index is 2290. The normalized spacial score (nSPS) is 13.8. The van der Waals surface area contributed by atoms with E-state index in [9.17, 15) is 19.0 Å². The highest BCUT2D eigenvalue weighted by Crippen LogP contribution is 2.43. The highest BCUT2D eigenvalue weighted by Gasteiger charge is 2.27. The van der Waals surface area contributed by atoms with Gasteiger partial charge in [-0.1, -0.05) is 377 Å². The minimum atomic E-state index is -4.41. The van der Waals surface area contributed by atoms with Gasteiger partial charge in [0.25, 0.3) is 0 Å². The molecular formula is C92H159NO8P+. The number of ether oxygens (including phenoxy) is 2. The summed E-state index contributed by atoms with van der Waals surface area (Å²) in [5, 5.41) is 0. The van der Waals surface area contributed by atoms with Crippen molar-refractivity contribution in [1.82, 2.24) is 0 Å². The van der Waals surface area contributed by atoms with Crippen molar-refractivity contribution < 1.29 is 42.1 Å². The molecule has 0 aromatic rings. The Morgan fingerprint density at radius 1 is 0.314 bits per heavy atom. The van der Waals surface area contributed by atoms with Crippen LogP contribution in [0.3, 0.4) is 0 Å². The predicted octanol–water partition coefficient (Wildman–Crippen LogP) is 28.6. The van der Waals surface area contributed by atoms with Crippen molar-refractivity contribution in [2.75, 3.05) is 47.5 Å². The second-order valence-electron chi connectivity index (χ2n) is 29.1. The zero-order valence-electron chi connectivity index (χ0n) is 66.8. The van der Waals surface area contributed by atoms with Crippen molar-refractivity contribution in [2.45, 2.75) is 367 Å². The Morgan fingerprint density at radius 3 is 0.833 bits per heavy atom. The molecular weight excluding hydrogens is 1280 g/mol. The van der Waals surface area contributed by atoms with Crippen LogP contribution in [0, 0.1) is 0 Å². The average molecular weight is 1440 g/mol. The van der Waals surface area contributed by atoms with Gasteiger partial charge in [-0.25, -0.2) is 4.57 Å². The molecule has 1 N–H and O–H groups in total. The summed E-state index contributed by atoms with van der Waals surface area (Å²) in [7, 11) is 1.46. The van der Waals surface area contributed by atoms with Crippen LogP contribution in [0.2, 0.25) is 0 Å². The summed E-state index contributed by atoms with van der Waals surface area (Å²) >= 11 is 0. The van der Waals surface area contributed by atoms with Crippen LogP contribution in [0.15, 0.2) is 158 Å². The summed E-state index contributed by atoms with van der Waals surface area (Å²) in [6, 6.07) is 0. The highest BCUT2D eigenvalue weighted by molar-refractivity contribution is 7.47. The van der Waals surface area contributed by atoms with E-state index in [2.05, 4.69) is 172 Å². The molecule has 0 rings (SSSR count). The number of phosphoric ester groups is 1. The fraction of sp³-hybridized carbons (Fsp3) is 0.696. The lowest BCUT2D eigenvalue weighted by Crippen LogP contribution is -2.37. The first-order valence-corrected chi connectivity index (χ1v) is 43.7. The van der Waals surface area contributed by atoms with E-state index in [4.69, 9.17) is 18.5 Å². The Hall–Kier alpha value is -4.37. The van der Waals surface area contributed by atoms with Crippen LogP contribution in [-0.4, -0.2) is 74.9 Å². The molecule has 0 saturated carbocycles. The summed E-state index contributed by atoms with van der Waals surface area (Å²) in [6.07, 6.45) is 121. The van der Waals surface area contributed by atoms with E-state index in [1.165, 1.54) is 199 Å². The number of esters is 2. The first-order chi connectivity index (χ1) is 50.0. The van der Waals surface area contributed by atoms with Crippen LogP contribution < -0.4 is 0 Å². The van der Waals surface area contributed by atoms with Crippen LogP contribution in [0.4, 0.5) is 0 Å². The minimum absolute atomic E-state index is 0.0216. The first-order valence-electron chi connectivity index (χ1n) is 42.2. The number of carbonyl (C=O) groups is 2. The van der Waals surface area contributed by atoms with Crippen molar-refractivity contribution in [1.29, 1.82) is 0 Å².